The highest BCUT2D eigenvalue weighted by Crippen LogP contribution is 2.16. The first-order valence-electron chi connectivity index (χ1n) is 5.55. The van der Waals surface area contributed by atoms with Gasteiger partial charge in [0.15, 0.2) is 10.4 Å². The molecule has 1 aromatic heterocycles. The van der Waals surface area contributed by atoms with Crippen LogP contribution in [-0.4, -0.2) is 59.5 Å². The topological polar surface area (TPSA) is 74.0 Å². The molecule has 0 bridgehead atoms. The first kappa shape index (κ1) is 13.1. The van der Waals surface area contributed by atoms with Crippen molar-refractivity contribution in [2.24, 2.45) is 0 Å². The van der Waals surface area contributed by atoms with Gasteiger partial charge in [0.05, 0.1) is 0 Å². The maximum Gasteiger partial charge on any atom is 0.289 e. The van der Waals surface area contributed by atoms with Crippen LogP contribution in [0.4, 0.5) is 0 Å². The zero-order valence-electron chi connectivity index (χ0n) is 9.63. The Balaban J connectivity index is 1.94. The molecule has 2 amide bonds. The Bertz CT molecular complexity index is 452. The molecule has 0 aromatic carbocycles. The van der Waals surface area contributed by atoms with Crippen LogP contribution in [0.1, 0.15) is 10.6 Å². The maximum atomic E-state index is 12.0. The van der Waals surface area contributed by atoms with Crippen molar-refractivity contribution in [2.75, 3.05) is 32.8 Å². The number of furan rings is 1. The van der Waals surface area contributed by atoms with E-state index in [2.05, 4.69) is 15.9 Å². The number of amides is 2. The average Bonchev–Trinajstić information content (AvgIpc) is 2.84. The lowest BCUT2D eigenvalue weighted by atomic mass is 10.3. The minimum atomic E-state index is -0.487. The lowest BCUT2D eigenvalue weighted by molar-refractivity contribution is -0.135. The first-order chi connectivity index (χ1) is 8.61. The second-order valence-electron chi connectivity index (χ2n) is 3.93. The Morgan fingerprint density at radius 2 is 1.83 bits per heavy atom. The van der Waals surface area contributed by atoms with Gasteiger partial charge in [-0.15, -0.1) is 0 Å². The molecule has 1 aliphatic rings. The number of aliphatic hydroxyl groups is 1. The highest BCUT2D eigenvalue weighted by atomic mass is 79.9. The smallest absolute Gasteiger partial charge is 0.289 e. The van der Waals surface area contributed by atoms with Crippen LogP contribution < -0.4 is 0 Å². The number of piperazine rings is 1. The standard InChI is InChI=1S/C11H13BrN2O4/c12-9-2-1-8(18-9)11(17)14-5-3-13(4-6-14)10(16)7-15/h1-2,15H,3-7H2. The summed E-state index contributed by atoms with van der Waals surface area (Å²) in [5.41, 5.74) is 0. The van der Waals surface area contributed by atoms with Gasteiger partial charge in [-0.1, -0.05) is 0 Å². The van der Waals surface area contributed by atoms with E-state index in [0.717, 1.165) is 0 Å². The van der Waals surface area contributed by atoms with Crippen molar-refractivity contribution >= 4 is 27.7 Å². The zero-order chi connectivity index (χ0) is 13.1. The summed E-state index contributed by atoms with van der Waals surface area (Å²) in [4.78, 5) is 26.5. The fraction of sp³-hybridized carbons (Fsp3) is 0.455. The van der Waals surface area contributed by atoms with E-state index in [1.54, 1.807) is 21.9 Å². The van der Waals surface area contributed by atoms with Crippen LogP contribution in [0.25, 0.3) is 0 Å². The van der Waals surface area contributed by atoms with Crippen molar-refractivity contribution in [3.63, 3.8) is 0 Å². The van der Waals surface area contributed by atoms with Crippen molar-refractivity contribution in [3.8, 4) is 0 Å². The van der Waals surface area contributed by atoms with E-state index in [9.17, 15) is 9.59 Å². The van der Waals surface area contributed by atoms with Gasteiger partial charge in [-0.2, -0.15) is 0 Å². The molecule has 1 saturated heterocycles. The minimum absolute atomic E-state index is 0.184. The molecule has 18 heavy (non-hydrogen) atoms. The number of carbonyl (C=O) groups is 2. The molecule has 0 spiro atoms. The van der Waals surface area contributed by atoms with Crippen LogP contribution in [0.15, 0.2) is 21.2 Å². The van der Waals surface area contributed by atoms with Gasteiger partial charge in [-0.25, -0.2) is 0 Å². The van der Waals surface area contributed by atoms with Gasteiger partial charge in [0.2, 0.25) is 5.91 Å². The zero-order valence-corrected chi connectivity index (χ0v) is 11.2. The number of aliphatic hydroxyl groups excluding tert-OH is 1. The van der Waals surface area contributed by atoms with Gasteiger partial charge in [0.1, 0.15) is 6.61 Å². The van der Waals surface area contributed by atoms with Gasteiger partial charge in [0, 0.05) is 26.2 Å². The van der Waals surface area contributed by atoms with Crippen LogP contribution in [0.5, 0.6) is 0 Å². The first-order valence-corrected chi connectivity index (χ1v) is 6.34. The van der Waals surface area contributed by atoms with Gasteiger partial charge >= 0.3 is 0 Å². The average molecular weight is 317 g/mol. The van der Waals surface area contributed by atoms with E-state index in [1.165, 1.54) is 0 Å². The van der Waals surface area contributed by atoms with Gasteiger partial charge < -0.3 is 19.3 Å². The van der Waals surface area contributed by atoms with Crippen molar-refractivity contribution in [3.05, 3.63) is 22.6 Å². The Morgan fingerprint density at radius 1 is 1.22 bits per heavy atom. The van der Waals surface area contributed by atoms with Crippen LogP contribution in [0.2, 0.25) is 0 Å². The molecule has 0 saturated carbocycles. The molecule has 0 aliphatic carbocycles. The largest absolute Gasteiger partial charge is 0.444 e. The lowest BCUT2D eigenvalue weighted by Crippen LogP contribution is -2.51. The van der Waals surface area contributed by atoms with E-state index in [-0.39, 0.29) is 17.6 Å². The molecule has 6 nitrogen and oxygen atoms in total. The van der Waals surface area contributed by atoms with Crippen LogP contribution in [-0.2, 0) is 4.79 Å². The third kappa shape index (κ3) is 2.73. The molecule has 0 atom stereocenters. The van der Waals surface area contributed by atoms with Gasteiger partial charge in [-0.05, 0) is 28.1 Å². The van der Waals surface area contributed by atoms with E-state index >= 15 is 0 Å². The third-order valence-corrected chi connectivity index (χ3v) is 3.27. The summed E-state index contributed by atoms with van der Waals surface area (Å²) in [5.74, 6) is -0.205. The molecule has 2 rings (SSSR count). The van der Waals surface area contributed by atoms with Crippen LogP contribution >= 0.6 is 15.9 Å². The minimum Gasteiger partial charge on any atom is -0.444 e. The summed E-state index contributed by atoms with van der Waals surface area (Å²) >= 11 is 3.14. The fourth-order valence-electron chi connectivity index (χ4n) is 1.84. The van der Waals surface area contributed by atoms with E-state index in [1.807, 2.05) is 0 Å². The van der Waals surface area contributed by atoms with E-state index in [4.69, 9.17) is 9.52 Å². The summed E-state index contributed by atoms with van der Waals surface area (Å²) in [7, 11) is 0. The Morgan fingerprint density at radius 3 is 2.33 bits per heavy atom. The Hall–Kier alpha value is -1.34. The third-order valence-electron chi connectivity index (χ3n) is 2.84. The summed E-state index contributed by atoms with van der Waals surface area (Å²) in [6.45, 7) is 1.28. The molecule has 1 N–H and O–H groups in total. The summed E-state index contributed by atoms with van der Waals surface area (Å²) in [6, 6.07) is 3.27. The molecular formula is C11H13BrN2O4. The lowest BCUT2D eigenvalue weighted by Gasteiger charge is -2.33. The Kier molecular flexibility index (Phi) is 4.03. The van der Waals surface area contributed by atoms with Crippen molar-refractivity contribution < 1.29 is 19.1 Å². The molecule has 1 aromatic rings. The van der Waals surface area contributed by atoms with Gasteiger partial charge in [-0.3, -0.25) is 9.59 Å². The summed E-state index contributed by atoms with van der Waals surface area (Å²) in [5, 5.41) is 8.75. The number of halogens is 1. The molecule has 2 heterocycles. The predicted octanol–water partition coefficient (Wildman–Crippen LogP) is 0.319. The predicted molar refractivity (Wildman–Crippen MR) is 66.0 cm³/mol. The van der Waals surface area contributed by atoms with E-state index < -0.39 is 6.61 Å². The van der Waals surface area contributed by atoms with Crippen LogP contribution in [0, 0.1) is 0 Å². The number of carbonyl (C=O) groups excluding carboxylic acids is 2. The fourth-order valence-corrected chi connectivity index (χ4v) is 2.15. The number of nitrogens with zero attached hydrogens (tertiary/aromatic N) is 2. The summed E-state index contributed by atoms with van der Waals surface area (Å²) < 4.78 is 5.71. The number of rotatable bonds is 2. The van der Waals surface area contributed by atoms with E-state index in [0.29, 0.717) is 30.8 Å². The Labute approximate surface area is 112 Å². The SMILES string of the molecule is O=C(CO)N1CCN(C(=O)c2ccc(Br)o2)CC1. The molecule has 0 radical (unpaired) electrons. The highest BCUT2D eigenvalue weighted by Gasteiger charge is 2.25. The summed E-state index contributed by atoms with van der Waals surface area (Å²) in [6.07, 6.45) is 0. The second-order valence-corrected chi connectivity index (χ2v) is 4.72. The number of hydrogen-bond donors (Lipinski definition) is 1. The highest BCUT2D eigenvalue weighted by molar-refractivity contribution is 9.10. The van der Waals surface area contributed by atoms with Crippen molar-refractivity contribution in [1.29, 1.82) is 0 Å². The monoisotopic (exact) mass is 316 g/mol. The van der Waals surface area contributed by atoms with Crippen molar-refractivity contribution in [2.45, 2.75) is 0 Å². The van der Waals surface area contributed by atoms with Crippen molar-refractivity contribution in [1.82, 2.24) is 9.80 Å². The molecular weight excluding hydrogens is 304 g/mol. The van der Waals surface area contributed by atoms with Gasteiger partial charge in [0.25, 0.3) is 5.91 Å². The normalized spacial score (nSPS) is 15.9. The molecule has 1 aliphatic heterocycles. The molecule has 7 heteroatoms. The second kappa shape index (κ2) is 5.53. The number of hydrogen-bond acceptors (Lipinski definition) is 4. The molecule has 1 fully saturated rings. The molecule has 98 valence electrons. The molecule has 0 unspecified atom stereocenters. The van der Waals surface area contributed by atoms with Crippen LogP contribution in [0.3, 0.4) is 0 Å². The maximum absolute atomic E-state index is 12.0. The quantitative estimate of drug-likeness (QED) is 0.852.